The fourth-order valence-electron chi connectivity index (χ4n) is 3.69. The summed E-state index contributed by atoms with van der Waals surface area (Å²) in [6, 6.07) is 13.8. The van der Waals surface area contributed by atoms with Crippen molar-refractivity contribution in [3.63, 3.8) is 0 Å². The van der Waals surface area contributed by atoms with Gasteiger partial charge in [0.25, 0.3) is 0 Å². The molecule has 148 valence electrons. The van der Waals surface area contributed by atoms with Crippen LogP contribution in [0.2, 0.25) is 0 Å². The van der Waals surface area contributed by atoms with Crippen molar-refractivity contribution in [1.82, 2.24) is 14.5 Å². The number of benzene rings is 2. The number of Topliss-reactive ketones (excluding diaryl/α,β-unsaturated/α-hetero) is 1. The van der Waals surface area contributed by atoms with E-state index in [9.17, 15) is 4.79 Å². The fourth-order valence-corrected chi connectivity index (χ4v) is 3.69. The number of rotatable bonds is 7. The van der Waals surface area contributed by atoms with Gasteiger partial charge in [0.1, 0.15) is 11.5 Å². The van der Waals surface area contributed by atoms with E-state index in [1.165, 1.54) is 0 Å². The van der Waals surface area contributed by atoms with Crippen LogP contribution in [0.1, 0.15) is 34.1 Å². The number of ketones is 1. The minimum Gasteiger partial charge on any atom is -0.497 e. The molecular formula is C23H23N3O3. The van der Waals surface area contributed by atoms with E-state index in [1.807, 2.05) is 55.7 Å². The maximum absolute atomic E-state index is 13.0. The Hall–Kier alpha value is -3.54. The zero-order valence-electron chi connectivity index (χ0n) is 16.7. The number of H-pyrrole nitrogens is 1. The Labute approximate surface area is 169 Å². The van der Waals surface area contributed by atoms with E-state index in [4.69, 9.17) is 9.47 Å². The zero-order chi connectivity index (χ0) is 20.4. The average molecular weight is 389 g/mol. The first-order chi connectivity index (χ1) is 14.1. The SMILES string of the molecule is COc1ccc(C(CC(=O)c2nccn2C)c2c[nH]c3ccc(OC)cc23)cc1. The van der Waals surface area contributed by atoms with Gasteiger partial charge in [-0.3, -0.25) is 4.79 Å². The topological polar surface area (TPSA) is 69.1 Å². The molecule has 6 nitrogen and oxygen atoms in total. The van der Waals surface area contributed by atoms with Crippen LogP contribution in [0.4, 0.5) is 0 Å². The first-order valence-electron chi connectivity index (χ1n) is 9.40. The van der Waals surface area contributed by atoms with Gasteiger partial charge in [0.05, 0.1) is 14.2 Å². The molecule has 0 spiro atoms. The maximum atomic E-state index is 13.0. The minimum absolute atomic E-state index is 0.00411. The predicted octanol–water partition coefficient (Wildman–Crippen LogP) is 4.32. The Morgan fingerprint density at radius 1 is 1.10 bits per heavy atom. The number of hydrogen-bond donors (Lipinski definition) is 1. The molecule has 4 rings (SSSR count). The monoisotopic (exact) mass is 389 g/mol. The van der Waals surface area contributed by atoms with E-state index < -0.39 is 0 Å². The van der Waals surface area contributed by atoms with E-state index in [0.717, 1.165) is 33.5 Å². The molecule has 1 atom stereocenters. The number of methoxy groups -OCH3 is 2. The lowest BCUT2D eigenvalue weighted by Crippen LogP contribution is -2.13. The van der Waals surface area contributed by atoms with Crippen molar-refractivity contribution < 1.29 is 14.3 Å². The molecule has 6 heteroatoms. The summed E-state index contributed by atoms with van der Waals surface area (Å²) in [7, 11) is 5.13. The average Bonchev–Trinajstić information content (AvgIpc) is 3.37. The molecule has 0 saturated heterocycles. The lowest BCUT2D eigenvalue weighted by molar-refractivity contribution is 0.0965. The van der Waals surface area contributed by atoms with Crippen molar-refractivity contribution >= 4 is 16.7 Å². The summed E-state index contributed by atoms with van der Waals surface area (Å²) < 4.78 is 12.5. The van der Waals surface area contributed by atoms with Crippen molar-refractivity contribution in [2.24, 2.45) is 7.05 Å². The lowest BCUT2D eigenvalue weighted by atomic mass is 9.86. The zero-order valence-corrected chi connectivity index (χ0v) is 16.7. The van der Waals surface area contributed by atoms with Gasteiger partial charge in [-0.1, -0.05) is 12.1 Å². The smallest absolute Gasteiger partial charge is 0.199 e. The first kappa shape index (κ1) is 18.8. The molecule has 0 aliphatic rings. The van der Waals surface area contributed by atoms with Crippen LogP contribution in [0.5, 0.6) is 11.5 Å². The highest BCUT2D eigenvalue weighted by Crippen LogP contribution is 2.36. The standard InChI is InChI=1S/C23H23N3O3/c1-26-11-10-24-23(26)22(27)13-18(15-4-6-16(28-2)7-5-15)20-14-25-21-9-8-17(29-3)12-19(20)21/h4-12,14,18,25H,13H2,1-3H3. The van der Waals surface area contributed by atoms with Gasteiger partial charge in [0, 0.05) is 48.9 Å². The molecule has 0 aliphatic heterocycles. The van der Waals surface area contributed by atoms with Crippen LogP contribution in [-0.2, 0) is 7.05 Å². The van der Waals surface area contributed by atoms with Crippen LogP contribution in [0.25, 0.3) is 10.9 Å². The van der Waals surface area contributed by atoms with Crippen molar-refractivity contribution in [3.05, 3.63) is 78.0 Å². The third-order valence-corrected chi connectivity index (χ3v) is 5.27. The highest BCUT2D eigenvalue weighted by molar-refractivity contribution is 5.94. The normalized spacial score (nSPS) is 12.1. The Bertz CT molecular complexity index is 1140. The molecule has 0 aliphatic carbocycles. The maximum Gasteiger partial charge on any atom is 0.199 e. The van der Waals surface area contributed by atoms with Crippen LogP contribution in [-0.4, -0.2) is 34.5 Å². The Kier molecular flexibility index (Phi) is 5.08. The van der Waals surface area contributed by atoms with Gasteiger partial charge in [-0.05, 0) is 41.5 Å². The summed E-state index contributed by atoms with van der Waals surface area (Å²) in [6.07, 6.45) is 5.71. The number of nitrogens with zero attached hydrogens (tertiary/aromatic N) is 2. The van der Waals surface area contributed by atoms with E-state index >= 15 is 0 Å². The molecule has 2 heterocycles. The number of hydrogen-bond acceptors (Lipinski definition) is 4. The van der Waals surface area contributed by atoms with E-state index in [0.29, 0.717) is 12.2 Å². The number of fused-ring (bicyclic) bond motifs is 1. The number of carbonyl (C=O) groups is 1. The van der Waals surface area contributed by atoms with Crippen molar-refractivity contribution in [2.75, 3.05) is 14.2 Å². The van der Waals surface area contributed by atoms with Crippen molar-refractivity contribution in [1.29, 1.82) is 0 Å². The molecule has 0 amide bonds. The molecule has 29 heavy (non-hydrogen) atoms. The van der Waals surface area contributed by atoms with Crippen molar-refractivity contribution in [2.45, 2.75) is 12.3 Å². The van der Waals surface area contributed by atoms with Crippen LogP contribution in [0, 0.1) is 0 Å². The van der Waals surface area contributed by atoms with Crippen LogP contribution in [0.3, 0.4) is 0 Å². The molecule has 0 radical (unpaired) electrons. The molecule has 2 aromatic heterocycles. The molecular weight excluding hydrogens is 366 g/mol. The Morgan fingerprint density at radius 2 is 1.83 bits per heavy atom. The number of carbonyl (C=O) groups excluding carboxylic acids is 1. The fraction of sp³-hybridized carbons (Fsp3) is 0.217. The third-order valence-electron chi connectivity index (χ3n) is 5.27. The largest absolute Gasteiger partial charge is 0.497 e. The number of aromatic nitrogens is 3. The summed E-state index contributed by atoms with van der Waals surface area (Å²) in [4.78, 5) is 20.6. The van der Waals surface area contributed by atoms with Gasteiger partial charge in [0.15, 0.2) is 11.6 Å². The second-order valence-corrected chi connectivity index (χ2v) is 6.97. The summed E-state index contributed by atoms with van der Waals surface area (Å²) in [5.41, 5.74) is 3.09. The van der Waals surface area contributed by atoms with Gasteiger partial charge >= 0.3 is 0 Å². The summed E-state index contributed by atoms with van der Waals surface area (Å²) >= 11 is 0. The summed E-state index contributed by atoms with van der Waals surface area (Å²) in [5, 5.41) is 1.04. The number of aromatic amines is 1. The van der Waals surface area contributed by atoms with Crippen LogP contribution < -0.4 is 9.47 Å². The Balaban J connectivity index is 1.79. The summed E-state index contributed by atoms with van der Waals surface area (Å²) in [6.45, 7) is 0. The molecule has 0 saturated carbocycles. The Morgan fingerprint density at radius 3 is 2.48 bits per heavy atom. The number of nitrogens with one attached hydrogen (secondary N) is 1. The number of ether oxygens (including phenoxy) is 2. The van der Waals surface area contributed by atoms with E-state index in [-0.39, 0.29) is 11.7 Å². The second-order valence-electron chi connectivity index (χ2n) is 6.97. The predicted molar refractivity (Wildman–Crippen MR) is 112 cm³/mol. The van der Waals surface area contributed by atoms with E-state index in [1.54, 1.807) is 31.2 Å². The van der Waals surface area contributed by atoms with Gasteiger partial charge in [0.2, 0.25) is 0 Å². The second kappa shape index (κ2) is 7.83. The van der Waals surface area contributed by atoms with Crippen LogP contribution >= 0.6 is 0 Å². The van der Waals surface area contributed by atoms with E-state index in [2.05, 4.69) is 9.97 Å². The van der Waals surface area contributed by atoms with Gasteiger partial charge in [-0.2, -0.15) is 0 Å². The molecule has 4 aromatic rings. The lowest BCUT2D eigenvalue weighted by Gasteiger charge is -2.17. The molecule has 1 N–H and O–H groups in total. The highest BCUT2D eigenvalue weighted by Gasteiger charge is 2.24. The van der Waals surface area contributed by atoms with Crippen LogP contribution in [0.15, 0.2) is 61.1 Å². The molecule has 0 fully saturated rings. The van der Waals surface area contributed by atoms with Crippen molar-refractivity contribution in [3.8, 4) is 11.5 Å². The molecule has 2 aromatic carbocycles. The highest BCUT2D eigenvalue weighted by atomic mass is 16.5. The van der Waals surface area contributed by atoms with Gasteiger partial charge in [-0.15, -0.1) is 0 Å². The first-order valence-corrected chi connectivity index (χ1v) is 9.40. The number of aryl methyl sites for hydroxylation is 1. The molecule has 1 unspecified atom stereocenters. The quantitative estimate of drug-likeness (QED) is 0.478. The molecule has 0 bridgehead atoms. The number of imidazole rings is 1. The third kappa shape index (κ3) is 3.61. The van der Waals surface area contributed by atoms with Gasteiger partial charge < -0.3 is 19.0 Å². The minimum atomic E-state index is -0.133. The summed E-state index contributed by atoms with van der Waals surface area (Å²) in [5.74, 6) is 1.88. The van der Waals surface area contributed by atoms with Gasteiger partial charge in [-0.25, -0.2) is 4.98 Å².